The van der Waals surface area contributed by atoms with E-state index in [4.69, 9.17) is 9.47 Å². The summed E-state index contributed by atoms with van der Waals surface area (Å²) < 4.78 is 10.6. The van der Waals surface area contributed by atoms with Crippen LogP contribution in [0.15, 0.2) is 42.6 Å². The summed E-state index contributed by atoms with van der Waals surface area (Å²) in [5.74, 6) is 1.36. The molecule has 2 rings (SSSR count). The molecule has 2 aromatic rings. The zero-order valence-electron chi connectivity index (χ0n) is 9.46. The molecule has 88 valence electrons. The average Bonchev–Trinajstić information content (AvgIpc) is 2.37. The molecular formula is C13H13NO3. The second-order valence-electron chi connectivity index (χ2n) is 3.49. The summed E-state index contributed by atoms with van der Waals surface area (Å²) in [6.45, 7) is 0.438. The molecule has 0 aliphatic heterocycles. The van der Waals surface area contributed by atoms with Gasteiger partial charge in [-0.25, -0.2) is 4.98 Å². The highest BCUT2D eigenvalue weighted by Crippen LogP contribution is 2.17. The molecule has 1 heterocycles. The van der Waals surface area contributed by atoms with Crippen LogP contribution in [0.5, 0.6) is 17.4 Å². The van der Waals surface area contributed by atoms with E-state index in [9.17, 15) is 5.11 Å². The Kier molecular flexibility index (Phi) is 3.45. The second kappa shape index (κ2) is 5.21. The van der Waals surface area contributed by atoms with E-state index in [-0.39, 0.29) is 5.88 Å². The fourth-order valence-corrected chi connectivity index (χ4v) is 1.38. The Balaban J connectivity index is 1.97. The lowest BCUT2D eigenvalue weighted by Gasteiger charge is -2.06. The summed E-state index contributed by atoms with van der Waals surface area (Å²) in [6, 6.07) is 10.8. The van der Waals surface area contributed by atoms with Gasteiger partial charge in [-0.15, -0.1) is 0 Å². The summed E-state index contributed by atoms with van der Waals surface area (Å²) in [4.78, 5) is 3.68. The third kappa shape index (κ3) is 3.11. The molecule has 0 saturated heterocycles. The Morgan fingerprint density at radius 1 is 1.12 bits per heavy atom. The van der Waals surface area contributed by atoms with Crippen LogP contribution in [-0.2, 0) is 6.61 Å². The van der Waals surface area contributed by atoms with Crippen molar-refractivity contribution in [3.63, 3.8) is 0 Å². The molecule has 0 atom stereocenters. The highest BCUT2D eigenvalue weighted by atomic mass is 16.5. The van der Waals surface area contributed by atoms with Gasteiger partial charge < -0.3 is 14.6 Å². The minimum atomic E-state index is -0.0442. The summed E-state index contributed by atoms with van der Waals surface area (Å²) in [5, 5.41) is 9.17. The maximum atomic E-state index is 9.17. The van der Waals surface area contributed by atoms with Crippen molar-refractivity contribution in [2.75, 3.05) is 7.11 Å². The first-order valence-electron chi connectivity index (χ1n) is 5.18. The predicted octanol–water partition coefficient (Wildman–Crippen LogP) is 2.37. The van der Waals surface area contributed by atoms with Crippen molar-refractivity contribution < 1.29 is 14.6 Å². The van der Waals surface area contributed by atoms with Crippen molar-refractivity contribution in [3.05, 3.63) is 48.2 Å². The molecule has 0 bridgehead atoms. The molecule has 17 heavy (non-hydrogen) atoms. The molecule has 0 saturated carbocycles. The normalized spacial score (nSPS) is 9.94. The summed E-state index contributed by atoms with van der Waals surface area (Å²) >= 11 is 0. The lowest BCUT2D eigenvalue weighted by atomic mass is 10.2. The Labute approximate surface area is 99.5 Å². The van der Waals surface area contributed by atoms with E-state index in [1.807, 2.05) is 24.3 Å². The van der Waals surface area contributed by atoms with Gasteiger partial charge in [0.2, 0.25) is 5.88 Å². The lowest BCUT2D eigenvalue weighted by molar-refractivity contribution is 0.303. The summed E-state index contributed by atoms with van der Waals surface area (Å²) in [6.07, 6.45) is 1.50. The van der Waals surface area contributed by atoms with Crippen LogP contribution in [0.4, 0.5) is 0 Å². The van der Waals surface area contributed by atoms with Gasteiger partial charge in [0.15, 0.2) is 0 Å². The number of nitrogens with zero attached hydrogens (tertiary/aromatic N) is 1. The van der Waals surface area contributed by atoms with Crippen molar-refractivity contribution >= 4 is 0 Å². The zero-order valence-corrected chi connectivity index (χ0v) is 9.46. The number of benzene rings is 1. The van der Waals surface area contributed by atoms with Crippen molar-refractivity contribution in [1.29, 1.82) is 0 Å². The van der Waals surface area contributed by atoms with E-state index in [2.05, 4.69) is 4.98 Å². The number of hydrogen-bond acceptors (Lipinski definition) is 4. The van der Waals surface area contributed by atoms with Gasteiger partial charge in [-0.1, -0.05) is 12.1 Å². The van der Waals surface area contributed by atoms with Crippen LogP contribution in [0.1, 0.15) is 5.56 Å². The highest BCUT2D eigenvalue weighted by Gasteiger charge is 1.98. The van der Waals surface area contributed by atoms with Crippen molar-refractivity contribution in [1.82, 2.24) is 4.98 Å². The molecule has 0 amide bonds. The number of aromatic hydroxyl groups is 1. The van der Waals surface area contributed by atoms with E-state index in [0.29, 0.717) is 12.4 Å². The van der Waals surface area contributed by atoms with E-state index in [1.165, 1.54) is 12.3 Å². The minimum absolute atomic E-state index is 0.0442. The van der Waals surface area contributed by atoms with Gasteiger partial charge >= 0.3 is 0 Å². The SMILES string of the molecule is COc1ccc(COc2ccnc(O)c2)cc1. The van der Waals surface area contributed by atoms with Crippen LogP contribution in [0.2, 0.25) is 0 Å². The first-order chi connectivity index (χ1) is 8.28. The third-order valence-corrected chi connectivity index (χ3v) is 2.28. The number of methoxy groups -OCH3 is 1. The number of pyridine rings is 1. The number of ether oxygens (including phenoxy) is 2. The van der Waals surface area contributed by atoms with Gasteiger partial charge in [-0.3, -0.25) is 0 Å². The standard InChI is InChI=1S/C13H13NO3/c1-16-11-4-2-10(3-5-11)9-17-12-6-7-14-13(15)8-12/h2-8H,9H2,1H3,(H,14,15). The lowest BCUT2D eigenvalue weighted by Crippen LogP contribution is -1.95. The molecule has 4 heteroatoms. The topological polar surface area (TPSA) is 51.6 Å². The van der Waals surface area contributed by atoms with E-state index in [1.54, 1.807) is 13.2 Å². The molecule has 1 N–H and O–H groups in total. The smallest absolute Gasteiger partial charge is 0.214 e. The zero-order chi connectivity index (χ0) is 12.1. The molecule has 4 nitrogen and oxygen atoms in total. The first-order valence-corrected chi connectivity index (χ1v) is 5.18. The molecule has 1 aromatic heterocycles. The molecule has 1 aromatic carbocycles. The molecule has 0 fully saturated rings. The molecule has 0 aliphatic carbocycles. The number of rotatable bonds is 4. The Hall–Kier alpha value is -2.23. The predicted molar refractivity (Wildman–Crippen MR) is 63.2 cm³/mol. The van der Waals surface area contributed by atoms with Crippen molar-refractivity contribution in [2.24, 2.45) is 0 Å². The number of hydrogen-bond donors (Lipinski definition) is 1. The fourth-order valence-electron chi connectivity index (χ4n) is 1.38. The van der Waals surface area contributed by atoms with Crippen LogP contribution in [0.25, 0.3) is 0 Å². The average molecular weight is 231 g/mol. The summed E-state index contributed by atoms with van der Waals surface area (Å²) in [5.41, 5.74) is 1.03. The van der Waals surface area contributed by atoms with Crippen LogP contribution in [-0.4, -0.2) is 17.2 Å². The largest absolute Gasteiger partial charge is 0.497 e. The highest BCUT2D eigenvalue weighted by molar-refractivity contribution is 5.28. The van der Waals surface area contributed by atoms with E-state index in [0.717, 1.165) is 11.3 Å². The second-order valence-corrected chi connectivity index (χ2v) is 3.49. The Morgan fingerprint density at radius 2 is 1.88 bits per heavy atom. The van der Waals surface area contributed by atoms with Crippen LogP contribution >= 0.6 is 0 Å². The quantitative estimate of drug-likeness (QED) is 0.877. The molecule has 0 radical (unpaired) electrons. The summed E-state index contributed by atoms with van der Waals surface area (Å²) in [7, 11) is 1.63. The monoisotopic (exact) mass is 231 g/mol. The Morgan fingerprint density at radius 3 is 2.53 bits per heavy atom. The van der Waals surface area contributed by atoms with Gasteiger partial charge in [0, 0.05) is 12.3 Å². The fraction of sp³-hybridized carbons (Fsp3) is 0.154. The maximum absolute atomic E-state index is 9.17. The van der Waals surface area contributed by atoms with Gasteiger partial charge in [0.05, 0.1) is 7.11 Å². The van der Waals surface area contributed by atoms with Gasteiger partial charge in [-0.05, 0) is 23.8 Å². The Bertz CT molecular complexity index is 482. The van der Waals surface area contributed by atoms with Crippen LogP contribution < -0.4 is 9.47 Å². The molecule has 0 spiro atoms. The number of aromatic nitrogens is 1. The molecule has 0 aliphatic rings. The van der Waals surface area contributed by atoms with Gasteiger partial charge in [0.25, 0.3) is 0 Å². The van der Waals surface area contributed by atoms with Gasteiger partial charge in [-0.2, -0.15) is 0 Å². The van der Waals surface area contributed by atoms with Gasteiger partial charge in [0.1, 0.15) is 18.1 Å². The van der Waals surface area contributed by atoms with Crippen LogP contribution in [0.3, 0.4) is 0 Å². The van der Waals surface area contributed by atoms with E-state index >= 15 is 0 Å². The van der Waals surface area contributed by atoms with Crippen molar-refractivity contribution in [2.45, 2.75) is 6.61 Å². The maximum Gasteiger partial charge on any atom is 0.214 e. The third-order valence-electron chi connectivity index (χ3n) is 2.28. The van der Waals surface area contributed by atoms with Crippen LogP contribution in [0, 0.1) is 0 Å². The van der Waals surface area contributed by atoms with E-state index < -0.39 is 0 Å². The van der Waals surface area contributed by atoms with Crippen molar-refractivity contribution in [3.8, 4) is 17.4 Å². The molecule has 0 unspecified atom stereocenters. The molecular weight excluding hydrogens is 218 g/mol. The minimum Gasteiger partial charge on any atom is -0.497 e. The first kappa shape index (κ1) is 11.3.